The van der Waals surface area contributed by atoms with Crippen LogP contribution in [0.15, 0.2) is 48.5 Å². The molecule has 2 aromatic carbocycles. The molecule has 26 heavy (non-hydrogen) atoms. The lowest BCUT2D eigenvalue weighted by atomic mass is 10.1. The van der Waals surface area contributed by atoms with Crippen molar-refractivity contribution in [3.8, 4) is 5.75 Å². The Bertz CT molecular complexity index is 863. The van der Waals surface area contributed by atoms with Crippen molar-refractivity contribution < 1.29 is 17.9 Å². The van der Waals surface area contributed by atoms with Gasteiger partial charge in [0.15, 0.2) is 0 Å². The number of para-hydroxylation sites is 1. The zero-order chi connectivity index (χ0) is 19.2. The summed E-state index contributed by atoms with van der Waals surface area (Å²) >= 11 is 0. The number of nitrogens with one attached hydrogen (secondary N) is 2. The van der Waals surface area contributed by atoms with Crippen LogP contribution in [0.3, 0.4) is 0 Å². The Labute approximate surface area is 154 Å². The molecule has 2 rings (SSSR count). The topological polar surface area (TPSA) is 84.5 Å². The van der Waals surface area contributed by atoms with E-state index >= 15 is 0 Å². The van der Waals surface area contributed by atoms with E-state index in [0.29, 0.717) is 16.9 Å². The Morgan fingerprint density at radius 2 is 1.65 bits per heavy atom. The Kier molecular flexibility index (Phi) is 6.76. The predicted molar refractivity (Wildman–Crippen MR) is 102 cm³/mol. The molecule has 0 heterocycles. The van der Waals surface area contributed by atoms with Gasteiger partial charge in [0.2, 0.25) is 10.0 Å². The summed E-state index contributed by atoms with van der Waals surface area (Å²) < 4.78 is 32.1. The summed E-state index contributed by atoms with van der Waals surface area (Å²) in [5.74, 6) is 0.0775. The molecule has 6 nitrogen and oxygen atoms in total. The van der Waals surface area contributed by atoms with Crippen LogP contribution in [0.5, 0.6) is 5.75 Å². The van der Waals surface area contributed by atoms with Gasteiger partial charge in [-0.3, -0.25) is 4.79 Å². The van der Waals surface area contributed by atoms with Crippen molar-refractivity contribution in [2.24, 2.45) is 0 Å². The highest BCUT2D eigenvalue weighted by Crippen LogP contribution is 2.18. The maximum absolute atomic E-state index is 12.4. The monoisotopic (exact) mass is 376 g/mol. The Morgan fingerprint density at radius 3 is 2.31 bits per heavy atom. The van der Waals surface area contributed by atoms with E-state index < -0.39 is 10.0 Å². The molecule has 2 N–H and O–H groups in total. The van der Waals surface area contributed by atoms with Crippen LogP contribution in [-0.2, 0) is 22.3 Å². The second-order valence-electron chi connectivity index (χ2n) is 6.18. The van der Waals surface area contributed by atoms with E-state index in [1.165, 1.54) is 7.11 Å². The minimum atomic E-state index is -3.44. The lowest BCUT2D eigenvalue weighted by Gasteiger charge is -2.14. The van der Waals surface area contributed by atoms with E-state index in [0.717, 1.165) is 5.56 Å². The van der Waals surface area contributed by atoms with Gasteiger partial charge in [0.1, 0.15) is 5.75 Å². The lowest BCUT2D eigenvalue weighted by molar-refractivity contribution is 0.0948. The Balaban J connectivity index is 2.12. The molecule has 7 heteroatoms. The summed E-state index contributed by atoms with van der Waals surface area (Å²) in [6.07, 6.45) is 0. The molecule has 0 aliphatic rings. The first-order valence-corrected chi connectivity index (χ1v) is 9.95. The highest BCUT2D eigenvalue weighted by molar-refractivity contribution is 7.88. The molecule has 0 aliphatic carbocycles. The lowest BCUT2D eigenvalue weighted by Crippen LogP contribution is -2.32. The van der Waals surface area contributed by atoms with E-state index in [-0.39, 0.29) is 24.2 Å². The fourth-order valence-electron chi connectivity index (χ4n) is 2.58. The van der Waals surface area contributed by atoms with E-state index in [1.54, 1.807) is 50.2 Å². The molecule has 1 amide bonds. The van der Waals surface area contributed by atoms with Crippen molar-refractivity contribution in [2.75, 3.05) is 7.11 Å². The van der Waals surface area contributed by atoms with Crippen LogP contribution in [0.25, 0.3) is 0 Å². The van der Waals surface area contributed by atoms with Crippen molar-refractivity contribution in [3.63, 3.8) is 0 Å². The number of rotatable bonds is 8. The molecular formula is C19H24N2O4S. The van der Waals surface area contributed by atoms with Crippen LogP contribution in [0.2, 0.25) is 0 Å². The number of benzene rings is 2. The summed E-state index contributed by atoms with van der Waals surface area (Å²) in [6, 6.07) is 13.9. The quantitative estimate of drug-likeness (QED) is 0.741. The van der Waals surface area contributed by atoms with Crippen molar-refractivity contribution in [1.82, 2.24) is 10.0 Å². The number of carbonyl (C=O) groups excluding carboxylic acids is 1. The summed E-state index contributed by atoms with van der Waals surface area (Å²) in [5.41, 5.74) is 1.84. The molecule has 0 unspecified atom stereocenters. The average Bonchev–Trinajstić information content (AvgIpc) is 2.59. The second-order valence-corrected chi connectivity index (χ2v) is 7.94. The molecule has 0 aromatic heterocycles. The van der Waals surface area contributed by atoms with Crippen LogP contribution in [-0.4, -0.2) is 27.5 Å². The largest absolute Gasteiger partial charge is 0.496 e. The molecule has 0 fully saturated rings. The molecule has 0 radical (unpaired) electrons. The Hall–Kier alpha value is -2.38. The standard InChI is InChI=1S/C19H24N2O4S/c1-14(2)21-26(23,24)13-16-9-5-4-8-15(16)12-20-19(22)17-10-6-7-11-18(17)25-3/h4-11,14,21H,12-13H2,1-3H3,(H,20,22). The van der Waals surface area contributed by atoms with Crippen molar-refractivity contribution >= 4 is 15.9 Å². The van der Waals surface area contributed by atoms with Gasteiger partial charge in [0, 0.05) is 12.6 Å². The first-order valence-electron chi connectivity index (χ1n) is 8.30. The van der Waals surface area contributed by atoms with Gasteiger partial charge in [0.25, 0.3) is 5.91 Å². The molecule has 0 atom stereocenters. The van der Waals surface area contributed by atoms with Gasteiger partial charge < -0.3 is 10.1 Å². The third kappa shape index (κ3) is 5.57. The highest BCUT2D eigenvalue weighted by atomic mass is 32.2. The molecule has 2 aromatic rings. The molecule has 0 spiro atoms. The average molecular weight is 376 g/mol. The molecule has 0 bridgehead atoms. The number of ether oxygens (including phenoxy) is 1. The number of carbonyl (C=O) groups is 1. The van der Waals surface area contributed by atoms with Gasteiger partial charge >= 0.3 is 0 Å². The van der Waals surface area contributed by atoms with E-state index in [4.69, 9.17) is 4.74 Å². The zero-order valence-electron chi connectivity index (χ0n) is 15.2. The van der Waals surface area contributed by atoms with Crippen molar-refractivity contribution in [3.05, 3.63) is 65.2 Å². The molecular weight excluding hydrogens is 352 g/mol. The minimum Gasteiger partial charge on any atom is -0.496 e. The number of methoxy groups -OCH3 is 1. The number of hydrogen-bond donors (Lipinski definition) is 2. The van der Waals surface area contributed by atoms with E-state index in [1.807, 2.05) is 12.1 Å². The minimum absolute atomic E-state index is 0.133. The molecule has 140 valence electrons. The predicted octanol–water partition coefficient (Wildman–Crippen LogP) is 2.45. The maximum atomic E-state index is 12.4. The first-order chi connectivity index (χ1) is 12.3. The van der Waals surface area contributed by atoms with Gasteiger partial charge in [-0.25, -0.2) is 13.1 Å². The molecule has 0 aliphatic heterocycles. The zero-order valence-corrected chi connectivity index (χ0v) is 16.0. The van der Waals surface area contributed by atoms with Gasteiger partial charge in [-0.05, 0) is 37.1 Å². The van der Waals surface area contributed by atoms with E-state index in [2.05, 4.69) is 10.0 Å². The summed E-state index contributed by atoms with van der Waals surface area (Å²) in [6.45, 7) is 3.78. The SMILES string of the molecule is COc1ccccc1C(=O)NCc1ccccc1CS(=O)(=O)NC(C)C. The third-order valence-corrected chi connectivity index (χ3v) is 5.19. The number of amides is 1. The number of hydrogen-bond acceptors (Lipinski definition) is 4. The van der Waals surface area contributed by atoms with Crippen LogP contribution >= 0.6 is 0 Å². The summed E-state index contributed by atoms with van der Waals surface area (Å²) in [4.78, 5) is 12.4. The first kappa shape index (κ1) is 19.9. The van der Waals surface area contributed by atoms with Crippen molar-refractivity contribution in [2.45, 2.75) is 32.2 Å². The fraction of sp³-hybridized carbons (Fsp3) is 0.316. The summed E-state index contributed by atoms with van der Waals surface area (Å²) in [5, 5.41) is 2.82. The van der Waals surface area contributed by atoms with Crippen LogP contribution in [0.4, 0.5) is 0 Å². The Morgan fingerprint density at radius 1 is 1.04 bits per heavy atom. The fourth-order valence-corrected chi connectivity index (χ4v) is 4.07. The maximum Gasteiger partial charge on any atom is 0.255 e. The molecule has 0 saturated carbocycles. The molecule has 0 saturated heterocycles. The number of sulfonamides is 1. The normalized spacial score (nSPS) is 11.4. The highest BCUT2D eigenvalue weighted by Gasteiger charge is 2.16. The van der Waals surface area contributed by atoms with Gasteiger partial charge in [0.05, 0.1) is 18.4 Å². The van der Waals surface area contributed by atoms with Crippen LogP contribution < -0.4 is 14.8 Å². The van der Waals surface area contributed by atoms with E-state index in [9.17, 15) is 13.2 Å². The third-order valence-electron chi connectivity index (χ3n) is 3.67. The van der Waals surface area contributed by atoms with Crippen molar-refractivity contribution in [1.29, 1.82) is 0 Å². The van der Waals surface area contributed by atoms with Gasteiger partial charge in [-0.15, -0.1) is 0 Å². The van der Waals surface area contributed by atoms with Crippen LogP contribution in [0, 0.1) is 0 Å². The smallest absolute Gasteiger partial charge is 0.255 e. The second kappa shape index (κ2) is 8.82. The van der Waals surface area contributed by atoms with Gasteiger partial charge in [-0.1, -0.05) is 36.4 Å². The summed E-state index contributed by atoms with van der Waals surface area (Å²) in [7, 11) is -1.93. The van der Waals surface area contributed by atoms with Crippen LogP contribution in [0.1, 0.15) is 35.3 Å². The van der Waals surface area contributed by atoms with Gasteiger partial charge in [-0.2, -0.15) is 0 Å².